The maximum absolute atomic E-state index is 11.6. The van der Waals surface area contributed by atoms with Gasteiger partial charge in [0.05, 0.1) is 19.3 Å². The van der Waals surface area contributed by atoms with Gasteiger partial charge in [0.1, 0.15) is 17.8 Å². The largest absolute Gasteiger partial charge is 0.393 e. The molecule has 108 valence electrons. The Balaban J connectivity index is 2.09. The molecule has 1 saturated heterocycles. The fourth-order valence-electron chi connectivity index (χ4n) is 2.33. The molecule has 2 unspecified atom stereocenters. The lowest BCUT2D eigenvalue weighted by molar-refractivity contribution is -0.115. The molecule has 1 fully saturated rings. The number of nitrogens with zero attached hydrogens (tertiary/aromatic N) is 3. The standard InChI is InChI=1S/C11H14N4O5/c1-11(2-16)7(18)6(17)10(20-11)15-4-14-5-8(15)12-3-13-9(5)19/h3-4,6-7,10,16-18H,2H2,1H3,(H,12,13,19)/t6?,7?,10-,11-/m1/s1. The third-order valence-electron chi connectivity index (χ3n) is 3.58. The molecule has 0 radical (unpaired) electrons. The Morgan fingerprint density at radius 1 is 1.50 bits per heavy atom. The van der Waals surface area contributed by atoms with E-state index in [1.807, 2.05) is 0 Å². The Morgan fingerprint density at radius 3 is 2.90 bits per heavy atom. The average molecular weight is 282 g/mol. The van der Waals surface area contributed by atoms with Crippen LogP contribution in [0.15, 0.2) is 17.4 Å². The van der Waals surface area contributed by atoms with Gasteiger partial charge in [-0.3, -0.25) is 9.36 Å². The van der Waals surface area contributed by atoms with Crippen molar-refractivity contribution in [1.29, 1.82) is 0 Å². The summed E-state index contributed by atoms with van der Waals surface area (Å²) in [5.41, 5.74) is -1.36. The minimum atomic E-state index is -1.29. The maximum atomic E-state index is 11.6. The molecule has 0 spiro atoms. The lowest BCUT2D eigenvalue weighted by atomic mass is 9.99. The van der Waals surface area contributed by atoms with E-state index in [1.165, 1.54) is 24.1 Å². The third kappa shape index (κ3) is 1.68. The predicted molar refractivity (Wildman–Crippen MR) is 65.8 cm³/mol. The maximum Gasteiger partial charge on any atom is 0.278 e. The molecule has 1 aliphatic heterocycles. The second-order valence-electron chi connectivity index (χ2n) is 4.97. The highest BCUT2D eigenvalue weighted by atomic mass is 16.6. The first kappa shape index (κ1) is 13.2. The van der Waals surface area contributed by atoms with E-state index < -0.39 is 36.2 Å². The SMILES string of the molecule is C[C@]1(CO)O[C@@H](n2cnc3c(=O)[nH]cnc32)C(O)C1O. The number of aromatic amines is 1. The van der Waals surface area contributed by atoms with E-state index in [9.17, 15) is 20.1 Å². The first-order valence-electron chi connectivity index (χ1n) is 6.03. The lowest BCUT2D eigenvalue weighted by Crippen LogP contribution is -2.43. The number of ether oxygens (including phenoxy) is 1. The van der Waals surface area contributed by atoms with Crippen molar-refractivity contribution in [1.82, 2.24) is 19.5 Å². The van der Waals surface area contributed by atoms with Crippen molar-refractivity contribution in [3.05, 3.63) is 23.0 Å². The molecule has 2 aromatic rings. The zero-order valence-electron chi connectivity index (χ0n) is 10.6. The van der Waals surface area contributed by atoms with E-state index in [4.69, 9.17) is 4.74 Å². The summed E-state index contributed by atoms with van der Waals surface area (Å²) in [6.07, 6.45) is -1.01. The molecule has 4 atom stereocenters. The van der Waals surface area contributed by atoms with Crippen LogP contribution < -0.4 is 5.56 Å². The molecule has 0 aromatic carbocycles. The van der Waals surface area contributed by atoms with Crippen molar-refractivity contribution in [2.75, 3.05) is 6.61 Å². The van der Waals surface area contributed by atoms with Crippen LogP contribution in [-0.4, -0.2) is 59.3 Å². The Morgan fingerprint density at radius 2 is 2.25 bits per heavy atom. The Bertz CT molecular complexity index is 697. The number of fused-ring (bicyclic) bond motifs is 1. The number of imidazole rings is 1. The number of H-pyrrole nitrogens is 1. The fourth-order valence-corrected chi connectivity index (χ4v) is 2.33. The number of aromatic nitrogens is 4. The topological polar surface area (TPSA) is 133 Å². The van der Waals surface area contributed by atoms with Crippen LogP contribution in [-0.2, 0) is 4.74 Å². The Kier molecular flexibility index (Phi) is 2.87. The molecule has 0 saturated carbocycles. The molecule has 2 aromatic heterocycles. The van der Waals surface area contributed by atoms with Crippen molar-refractivity contribution in [2.45, 2.75) is 31.0 Å². The lowest BCUT2D eigenvalue weighted by Gasteiger charge is -2.24. The number of aliphatic hydroxyl groups excluding tert-OH is 3. The smallest absolute Gasteiger partial charge is 0.278 e. The van der Waals surface area contributed by atoms with Crippen LogP contribution in [0.2, 0.25) is 0 Å². The highest BCUT2D eigenvalue weighted by Gasteiger charge is 2.52. The van der Waals surface area contributed by atoms with E-state index in [1.54, 1.807) is 0 Å². The van der Waals surface area contributed by atoms with Gasteiger partial charge in [-0.25, -0.2) is 9.97 Å². The van der Waals surface area contributed by atoms with Gasteiger partial charge in [-0.15, -0.1) is 0 Å². The number of hydrogen-bond donors (Lipinski definition) is 4. The molecule has 1 aliphatic rings. The predicted octanol–water partition coefficient (Wildman–Crippen LogP) is -1.88. The van der Waals surface area contributed by atoms with Crippen LogP contribution in [0.1, 0.15) is 13.2 Å². The van der Waals surface area contributed by atoms with Gasteiger partial charge in [-0.05, 0) is 6.92 Å². The Labute approximate surface area is 112 Å². The van der Waals surface area contributed by atoms with E-state index in [-0.39, 0.29) is 11.2 Å². The Hall–Kier alpha value is -1.81. The van der Waals surface area contributed by atoms with E-state index in [2.05, 4.69) is 15.0 Å². The van der Waals surface area contributed by atoms with Crippen LogP contribution in [0.5, 0.6) is 0 Å². The summed E-state index contributed by atoms with van der Waals surface area (Å²) in [7, 11) is 0. The summed E-state index contributed by atoms with van der Waals surface area (Å²) in [5.74, 6) is 0. The van der Waals surface area contributed by atoms with Crippen LogP contribution in [0.25, 0.3) is 11.2 Å². The number of nitrogens with one attached hydrogen (secondary N) is 1. The zero-order valence-corrected chi connectivity index (χ0v) is 10.6. The molecule has 3 heterocycles. The summed E-state index contributed by atoms with van der Waals surface area (Å²) >= 11 is 0. The van der Waals surface area contributed by atoms with Gasteiger partial charge in [0, 0.05) is 0 Å². The first-order chi connectivity index (χ1) is 9.48. The van der Waals surface area contributed by atoms with Gasteiger partial charge in [0.15, 0.2) is 17.4 Å². The highest BCUT2D eigenvalue weighted by Crippen LogP contribution is 2.37. The molecule has 3 rings (SSSR count). The van der Waals surface area contributed by atoms with Crippen molar-refractivity contribution in [2.24, 2.45) is 0 Å². The second-order valence-corrected chi connectivity index (χ2v) is 4.97. The summed E-state index contributed by atoms with van der Waals surface area (Å²) < 4.78 is 6.90. The number of rotatable bonds is 2. The molecule has 20 heavy (non-hydrogen) atoms. The van der Waals surface area contributed by atoms with Crippen molar-refractivity contribution >= 4 is 11.2 Å². The third-order valence-corrected chi connectivity index (χ3v) is 3.58. The summed E-state index contributed by atoms with van der Waals surface area (Å²) in [6, 6.07) is 0. The summed E-state index contributed by atoms with van der Waals surface area (Å²) in [5, 5.41) is 29.3. The fraction of sp³-hybridized carbons (Fsp3) is 0.545. The highest BCUT2D eigenvalue weighted by molar-refractivity contribution is 5.68. The van der Waals surface area contributed by atoms with E-state index in [0.29, 0.717) is 0 Å². The van der Waals surface area contributed by atoms with Crippen LogP contribution in [0, 0.1) is 0 Å². The van der Waals surface area contributed by atoms with Gasteiger partial charge < -0.3 is 25.0 Å². The quantitative estimate of drug-likeness (QED) is 0.506. The average Bonchev–Trinajstić information content (AvgIpc) is 2.96. The monoisotopic (exact) mass is 282 g/mol. The van der Waals surface area contributed by atoms with Gasteiger partial charge in [0.25, 0.3) is 5.56 Å². The van der Waals surface area contributed by atoms with E-state index >= 15 is 0 Å². The van der Waals surface area contributed by atoms with Crippen LogP contribution in [0.3, 0.4) is 0 Å². The number of hydrogen-bond acceptors (Lipinski definition) is 7. The number of aliphatic hydroxyl groups is 3. The molecule has 9 heteroatoms. The molecular weight excluding hydrogens is 268 g/mol. The summed E-state index contributed by atoms with van der Waals surface area (Å²) in [6.45, 7) is 1.03. The van der Waals surface area contributed by atoms with Crippen LogP contribution >= 0.6 is 0 Å². The molecule has 4 N–H and O–H groups in total. The van der Waals surface area contributed by atoms with Gasteiger partial charge in [-0.1, -0.05) is 0 Å². The molecule has 0 amide bonds. The molecule has 9 nitrogen and oxygen atoms in total. The van der Waals surface area contributed by atoms with Gasteiger partial charge in [-0.2, -0.15) is 0 Å². The van der Waals surface area contributed by atoms with Crippen LogP contribution in [0.4, 0.5) is 0 Å². The van der Waals surface area contributed by atoms with Gasteiger partial charge in [0.2, 0.25) is 0 Å². The van der Waals surface area contributed by atoms with Crippen molar-refractivity contribution in [3.63, 3.8) is 0 Å². The summed E-state index contributed by atoms with van der Waals surface area (Å²) in [4.78, 5) is 21.9. The minimum absolute atomic E-state index is 0.107. The minimum Gasteiger partial charge on any atom is -0.393 e. The second kappa shape index (κ2) is 4.35. The van der Waals surface area contributed by atoms with Crippen molar-refractivity contribution in [3.8, 4) is 0 Å². The molecule has 0 aliphatic carbocycles. The zero-order chi connectivity index (χ0) is 14.5. The molecule has 0 bridgehead atoms. The van der Waals surface area contributed by atoms with Crippen molar-refractivity contribution < 1.29 is 20.1 Å². The normalized spacial score (nSPS) is 33.9. The molecular formula is C11H14N4O5. The van der Waals surface area contributed by atoms with E-state index in [0.717, 1.165) is 0 Å². The first-order valence-corrected chi connectivity index (χ1v) is 6.03. The van der Waals surface area contributed by atoms with Gasteiger partial charge >= 0.3 is 0 Å².